The number of aryl methyl sites for hydroxylation is 1. The molecule has 0 fully saturated rings. The molecular weight excluding hydrogens is 360 g/mol. The number of hydrogen-bond donors (Lipinski definition) is 1. The molecule has 0 aliphatic carbocycles. The number of hydrogen-bond acceptors (Lipinski definition) is 8. The third-order valence-electron chi connectivity index (χ3n) is 3.52. The number of anilines is 1. The average molecular weight is 372 g/mol. The van der Waals surface area contributed by atoms with E-state index in [4.69, 9.17) is 4.74 Å². The van der Waals surface area contributed by atoms with E-state index in [1.54, 1.807) is 18.2 Å². The van der Waals surface area contributed by atoms with Crippen LogP contribution in [0.4, 0.5) is 11.4 Å². The number of nitrogens with zero attached hydrogens (tertiary/aromatic N) is 3. The highest BCUT2D eigenvalue weighted by Gasteiger charge is 2.16. The summed E-state index contributed by atoms with van der Waals surface area (Å²) < 4.78 is 13.1. The first-order valence-electron chi connectivity index (χ1n) is 7.39. The van der Waals surface area contributed by atoms with E-state index in [9.17, 15) is 19.7 Å². The topological polar surface area (TPSA) is 124 Å². The van der Waals surface area contributed by atoms with E-state index >= 15 is 0 Å². The zero-order chi connectivity index (χ0) is 18.7. The van der Waals surface area contributed by atoms with Crippen molar-refractivity contribution in [3.63, 3.8) is 0 Å². The second-order valence-electron chi connectivity index (χ2n) is 5.32. The van der Waals surface area contributed by atoms with Crippen LogP contribution in [0.1, 0.15) is 15.9 Å². The highest BCUT2D eigenvalue weighted by molar-refractivity contribution is 7.00. The molecule has 1 aromatic heterocycles. The molecule has 0 radical (unpaired) electrons. The highest BCUT2D eigenvalue weighted by Crippen LogP contribution is 2.21. The molecule has 132 valence electrons. The molecule has 3 aromatic rings. The Kier molecular flexibility index (Phi) is 4.85. The minimum atomic E-state index is -0.744. The Labute approximate surface area is 151 Å². The summed E-state index contributed by atoms with van der Waals surface area (Å²) in [6, 6.07) is 9.02. The van der Waals surface area contributed by atoms with Crippen molar-refractivity contribution in [2.75, 3.05) is 11.9 Å². The lowest BCUT2D eigenvalue weighted by molar-refractivity contribution is -0.385. The van der Waals surface area contributed by atoms with E-state index in [-0.39, 0.29) is 11.3 Å². The molecule has 0 atom stereocenters. The number of nitro groups is 1. The fraction of sp³-hybridized carbons (Fsp3) is 0.125. The molecule has 1 heterocycles. The van der Waals surface area contributed by atoms with Crippen LogP contribution >= 0.6 is 11.7 Å². The summed E-state index contributed by atoms with van der Waals surface area (Å²) in [7, 11) is 0. The lowest BCUT2D eigenvalue weighted by atomic mass is 10.1. The van der Waals surface area contributed by atoms with Gasteiger partial charge in [0.15, 0.2) is 6.61 Å². The smallest absolute Gasteiger partial charge is 0.338 e. The molecule has 0 bridgehead atoms. The van der Waals surface area contributed by atoms with E-state index in [0.29, 0.717) is 22.3 Å². The number of esters is 1. The maximum Gasteiger partial charge on any atom is 0.338 e. The summed E-state index contributed by atoms with van der Waals surface area (Å²) in [4.78, 5) is 34.3. The van der Waals surface area contributed by atoms with Gasteiger partial charge in [-0.05, 0) is 31.2 Å². The zero-order valence-electron chi connectivity index (χ0n) is 13.5. The van der Waals surface area contributed by atoms with Gasteiger partial charge in [-0.25, -0.2) is 4.79 Å². The van der Waals surface area contributed by atoms with Gasteiger partial charge in [0.05, 0.1) is 27.9 Å². The summed E-state index contributed by atoms with van der Waals surface area (Å²) in [5, 5.41) is 13.4. The van der Waals surface area contributed by atoms with Gasteiger partial charge in [0.2, 0.25) is 0 Å². The van der Waals surface area contributed by atoms with Crippen LogP contribution in [0.3, 0.4) is 0 Å². The highest BCUT2D eigenvalue weighted by atomic mass is 32.1. The normalized spacial score (nSPS) is 10.5. The van der Waals surface area contributed by atoms with Crippen LogP contribution in [0.25, 0.3) is 11.0 Å². The number of aromatic nitrogens is 2. The van der Waals surface area contributed by atoms with Gasteiger partial charge in [-0.2, -0.15) is 8.75 Å². The van der Waals surface area contributed by atoms with Crippen molar-refractivity contribution in [2.24, 2.45) is 0 Å². The predicted octanol–water partition coefficient (Wildman–Crippen LogP) is 2.70. The summed E-state index contributed by atoms with van der Waals surface area (Å²) >= 11 is 1.03. The first-order valence-corrected chi connectivity index (χ1v) is 8.12. The number of rotatable bonds is 5. The van der Waals surface area contributed by atoms with Crippen LogP contribution in [0.15, 0.2) is 36.4 Å². The van der Waals surface area contributed by atoms with Gasteiger partial charge in [-0.1, -0.05) is 6.07 Å². The minimum absolute atomic E-state index is 0.0933. The van der Waals surface area contributed by atoms with Crippen molar-refractivity contribution in [1.29, 1.82) is 0 Å². The molecular formula is C16H12N4O5S. The Morgan fingerprint density at radius 1 is 1.27 bits per heavy atom. The molecule has 1 N–H and O–H groups in total. The first kappa shape index (κ1) is 17.4. The quantitative estimate of drug-likeness (QED) is 0.415. The number of carbonyl (C=O) groups is 2. The van der Waals surface area contributed by atoms with Crippen molar-refractivity contribution < 1.29 is 19.2 Å². The Hall–Kier alpha value is -3.40. The summed E-state index contributed by atoms with van der Waals surface area (Å²) in [5.41, 5.74) is 2.06. The third kappa shape index (κ3) is 3.64. The van der Waals surface area contributed by atoms with Gasteiger partial charge in [0.1, 0.15) is 11.0 Å². The van der Waals surface area contributed by atoms with Crippen LogP contribution in [-0.4, -0.2) is 32.2 Å². The lowest BCUT2D eigenvalue weighted by Gasteiger charge is -2.07. The number of nitro benzene ring substituents is 1. The van der Waals surface area contributed by atoms with Crippen molar-refractivity contribution >= 4 is 46.0 Å². The number of benzene rings is 2. The third-order valence-corrected chi connectivity index (χ3v) is 4.07. The molecule has 0 spiro atoms. The van der Waals surface area contributed by atoms with Crippen LogP contribution in [-0.2, 0) is 9.53 Å². The monoisotopic (exact) mass is 372 g/mol. The predicted molar refractivity (Wildman–Crippen MR) is 94.2 cm³/mol. The fourth-order valence-corrected chi connectivity index (χ4v) is 2.84. The maximum absolute atomic E-state index is 12.0. The van der Waals surface area contributed by atoms with Crippen molar-refractivity contribution in [1.82, 2.24) is 8.75 Å². The number of amides is 1. The van der Waals surface area contributed by atoms with Gasteiger partial charge in [-0.15, -0.1) is 0 Å². The summed E-state index contributed by atoms with van der Waals surface area (Å²) in [6.07, 6.45) is 0. The Morgan fingerprint density at radius 3 is 2.81 bits per heavy atom. The van der Waals surface area contributed by atoms with Crippen molar-refractivity contribution in [3.8, 4) is 0 Å². The van der Waals surface area contributed by atoms with Gasteiger partial charge >= 0.3 is 5.97 Å². The molecule has 10 heteroatoms. The summed E-state index contributed by atoms with van der Waals surface area (Å²) in [6.45, 7) is 1.02. The molecule has 0 saturated carbocycles. The Bertz CT molecular complexity index is 1020. The van der Waals surface area contributed by atoms with E-state index in [0.717, 1.165) is 11.7 Å². The molecule has 0 saturated heterocycles. The first-order chi connectivity index (χ1) is 12.5. The zero-order valence-corrected chi connectivity index (χ0v) is 14.3. The van der Waals surface area contributed by atoms with E-state index in [2.05, 4.69) is 14.1 Å². The molecule has 0 unspecified atom stereocenters. The van der Waals surface area contributed by atoms with Crippen LogP contribution in [0.2, 0.25) is 0 Å². The van der Waals surface area contributed by atoms with Crippen LogP contribution in [0.5, 0.6) is 0 Å². The Balaban J connectivity index is 1.62. The molecule has 9 nitrogen and oxygen atoms in total. The van der Waals surface area contributed by atoms with Crippen molar-refractivity contribution in [3.05, 3.63) is 57.6 Å². The molecule has 0 aliphatic rings. The van der Waals surface area contributed by atoms with E-state index in [1.807, 2.05) is 0 Å². The fourth-order valence-electron chi connectivity index (χ4n) is 2.30. The lowest BCUT2D eigenvalue weighted by Crippen LogP contribution is -2.21. The Morgan fingerprint density at radius 2 is 2.08 bits per heavy atom. The average Bonchev–Trinajstić information content (AvgIpc) is 3.09. The minimum Gasteiger partial charge on any atom is -0.452 e. The maximum atomic E-state index is 12.0. The van der Waals surface area contributed by atoms with E-state index in [1.165, 1.54) is 25.1 Å². The molecule has 0 aliphatic heterocycles. The molecule has 2 aromatic carbocycles. The number of nitrogens with one attached hydrogen (secondary N) is 1. The number of fused-ring (bicyclic) bond motifs is 1. The second kappa shape index (κ2) is 7.23. The number of carbonyl (C=O) groups excluding carboxylic acids is 2. The van der Waals surface area contributed by atoms with Gasteiger partial charge < -0.3 is 10.1 Å². The standard InChI is InChI=1S/C16H12N4O5S/c1-9-7-10(5-6-13(9)20(23)24)16(22)25-8-14(21)17-11-3-2-4-12-15(11)19-26-18-12/h2-7H,8H2,1H3,(H,17,21). The van der Waals surface area contributed by atoms with Gasteiger partial charge in [-0.3, -0.25) is 14.9 Å². The van der Waals surface area contributed by atoms with Gasteiger partial charge in [0, 0.05) is 11.6 Å². The molecule has 3 rings (SSSR count). The van der Waals surface area contributed by atoms with Crippen molar-refractivity contribution in [2.45, 2.75) is 6.92 Å². The molecule has 1 amide bonds. The number of ether oxygens (including phenoxy) is 1. The largest absolute Gasteiger partial charge is 0.452 e. The SMILES string of the molecule is Cc1cc(C(=O)OCC(=O)Nc2cccc3nsnc23)ccc1[N+](=O)[O-]. The van der Waals surface area contributed by atoms with E-state index < -0.39 is 23.4 Å². The second-order valence-corrected chi connectivity index (χ2v) is 5.85. The molecule has 26 heavy (non-hydrogen) atoms. The summed E-state index contributed by atoms with van der Waals surface area (Å²) in [5.74, 6) is -1.27. The van der Waals surface area contributed by atoms with Crippen LogP contribution in [0, 0.1) is 17.0 Å². The van der Waals surface area contributed by atoms with Gasteiger partial charge in [0.25, 0.3) is 11.6 Å². The van der Waals surface area contributed by atoms with Crippen LogP contribution < -0.4 is 5.32 Å².